The monoisotopic (exact) mass is 223 g/mol. The molecule has 1 rings (SSSR count). The molecule has 0 aliphatic heterocycles. The summed E-state index contributed by atoms with van der Waals surface area (Å²) in [6.45, 7) is 3.82. The summed E-state index contributed by atoms with van der Waals surface area (Å²) in [7, 11) is 0. The fourth-order valence-corrected chi connectivity index (χ4v) is 2.34. The van der Waals surface area contributed by atoms with Gasteiger partial charge in [0.1, 0.15) is 0 Å². The van der Waals surface area contributed by atoms with Crippen molar-refractivity contribution in [2.75, 3.05) is 0 Å². The topological polar surface area (TPSA) is 0 Å². The maximum atomic E-state index is 5.70. The molecule has 9 heavy (non-hydrogen) atoms. The van der Waals surface area contributed by atoms with E-state index in [1.54, 1.807) is 0 Å². The van der Waals surface area contributed by atoms with Gasteiger partial charge >= 0.3 is 0 Å². The van der Waals surface area contributed by atoms with Crippen molar-refractivity contribution in [2.45, 2.75) is 5.33 Å². The second-order valence-corrected chi connectivity index (χ2v) is 3.96. The molecular formula is C6H5BrClS. The maximum absolute atomic E-state index is 5.70. The van der Waals surface area contributed by atoms with Crippen molar-refractivity contribution in [3.05, 3.63) is 27.8 Å². The summed E-state index contributed by atoms with van der Waals surface area (Å²) in [5.41, 5.74) is 1.19. The lowest BCUT2D eigenvalue weighted by atomic mass is 10.3. The first-order valence-corrected chi connectivity index (χ1v) is 4.71. The zero-order valence-corrected chi connectivity index (χ0v) is 7.81. The van der Waals surface area contributed by atoms with Crippen molar-refractivity contribution in [3.63, 3.8) is 0 Å². The molecule has 0 spiro atoms. The first-order chi connectivity index (χ1) is 4.24. The molecule has 0 unspecified atom stereocenters. The van der Waals surface area contributed by atoms with Gasteiger partial charge in [-0.3, -0.25) is 0 Å². The van der Waals surface area contributed by atoms with Crippen molar-refractivity contribution in [1.29, 1.82) is 0 Å². The summed E-state index contributed by atoms with van der Waals surface area (Å²) in [5, 5.41) is 0.842. The zero-order chi connectivity index (χ0) is 6.85. The van der Waals surface area contributed by atoms with Crippen LogP contribution in [-0.2, 0) is 5.33 Å². The van der Waals surface area contributed by atoms with Gasteiger partial charge in [-0.15, -0.1) is 11.3 Å². The molecule has 0 bridgehead atoms. The van der Waals surface area contributed by atoms with Crippen LogP contribution in [0.5, 0.6) is 0 Å². The number of halogens is 2. The van der Waals surface area contributed by atoms with Crippen LogP contribution in [0.25, 0.3) is 0 Å². The van der Waals surface area contributed by atoms with Crippen molar-refractivity contribution >= 4 is 38.9 Å². The molecule has 0 amide bonds. The smallest absolute Gasteiger partial charge is 0.0934 e. The molecule has 0 aliphatic rings. The lowest BCUT2D eigenvalue weighted by molar-refractivity contribution is 1.47. The lowest BCUT2D eigenvalue weighted by Crippen LogP contribution is -1.70. The molecule has 0 fully saturated rings. The molecular weight excluding hydrogens is 219 g/mol. The van der Waals surface area contributed by atoms with Gasteiger partial charge in [0.25, 0.3) is 0 Å². The average molecular weight is 225 g/mol. The molecule has 1 aromatic rings. The first kappa shape index (κ1) is 7.58. The Morgan fingerprint density at radius 3 is 2.67 bits per heavy atom. The lowest BCUT2D eigenvalue weighted by Gasteiger charge is -1.86. The molecule has 0 N–H and O–H groups in total. The fourth-order valence-electron chi connectivity index (χ4n) is 0.543. The first-order valence-electron chi connectivity index (χ1n) is 2.40. The molecule has 0 atom stereocenters. The molecule has 0 aliphatic carbocycles. The van der Waals surface area contributed by atoms with Gasteiger partial charge in [-0.05, 0) is 18.6 Å². The van der Waals surface area contributed by atoms with Crippen LogP contribution in [0.2, 0.25) is 4.34 Å². The molecule has 0 saturated carbocycles. The Hall–Kier alpha value is 0.470. The van der Waals surface area contributed by atoms with Gasteiger partial charge in [-0.25, -0.2) is 0 Å². The summed E-state index contributed by atoms with van der Waals surface area (Å²) in [6.07, 6.45) is 0. The van der Waals surface area contributed by atoms with Crippen LogP contribution in [0, 0.1) is 6.92 Å². The Labute approximate surface area is 72.0 Å². The van der Waals surface area contributed by atoms with Gasteiger partial charge in [0.2, 0.25) is 0 Å². The van der Waals surface area contributed by atoms with Crippen molar-refractivity contribution in [2.24, 2.45) is 0 Å². The van der Waals surface area contributed by atoms with E-state index in [9.17, 15) is 0 Å². The highest BCUT2D eigenvalue weighted by Crippen LogP contribution is 2.26. The van der Waals surface area contributed by atoms with E-state index in [1.165, 1.54) is 16.9 Å². The van der Waals surface area contributed by atoms with E-state index in [0.29, 0.717) is 0 Å². The predicted octanol–water partition coefficient (Wildman–Crippen LogP) is 3.48. The molecule has 0 aromatic carbocycles. The summed E-state index contributed by atoms with van der Waals surface area (Å²) < 4.78 is 0.814. The van der Waals surface area contributed by atoms with Crippen molar-refractivity contribution < 1.29 is 0 Å². The number of rotatable bonds is 1. The van der Waals surface area contributed by atoms with Crippen LogP contribution in [-0.4, -0.2) is 0 Å². The van der Waals surface area contributed by atoms with E-state index >= 15 is 0 Å². The number of alkyl halides is 1. The fraction of sp³-hybridized carbons (Fsp3) is 0.167. The van der Waals surface area contributed by atoms with Gasteiger partial charge in [-0.2, -0.15) is 0 Å². The van der Waals surface area contributed by atoms with Crippen LogP contribution in [0.15, 0.2) is 6.07 Å². The maximum Gasteiger partial charge on any atom is 0.0934 e. The Balaban J connectivity index is 3.01. The van der Waals surface area contributed by atoms with Crippen LogP contribution in [0.1, 0.15) is 10.4 Å². The zero-order valence-electron chi connectivity index (χ0n) is 4.66. The standard InChI is InChI=1S/C6H5BrClS/c1-4-5(3-7)2-6(8)9-4/h2H,1,3H2. The van der Waals surface area contributed by atoms with Crippen LogP contribution < -0.4 is 0 Å². The van der Waals surface area contributed by atoms with Crippen LogP contribution in [0.4, 0.5) is 0 Å². The summed E-state index contributed by atoms with van der Waals surface area (Å²) in [4.78, 5) is 1.05. The van der Waals surface area contributed by atoms with Gasteiger partial charge < -0.3 is 0 Å². The van der Waals surface area contributed by atoms with E-state index in [-0.39, 0.29) is 0 Å². The van der Waals surface area contributed by atoms with Gasteiger partial charge in [0.15, 0.2) is 0 Å². The average Bonchev–Trinajstić information content (AvgIpc) is 2.10. The Kier molecular flexibility index (Phi) is 2.56. The SMILES string of the molecule is [CH2]c1sc(Cl)cc1CBr. The highest BCUT2D eigenvalue weighted by molar-refractivity contribution is 9.08. The predicted molar refractivity (Wildman–Crippen MR) is 46.4 cm³/mol. The number of hydrogen-bond acceptors (Lipinski definition) is 1. The largest absolute Gasteiger partial charge is 0.128 e. The quantitative estimate of drug-likeness (QED) is 0.641. The van der Waals surface area contributed by atoms with E-state index in [1.807, 2.05) is 6.07 Å². The minimum absolute atomic E-state index is 0.814. The normalized spacial score (nSPS) is 10.1. The van der Waals surface area contributed by atoms with E-state index < -0.39 is 0 Å². The van der Waals surface area contributed by atoms with Gasteiger partial charge in [0.05, 0.1) is 4.34 Å². The Morgan fingerprint density at radius 2 is 2.44 bits per heavy atom. The minimum atomic E-state index is 0.814. The van der Waals surface area contributed by atoms with E-state index in [2.05, 4.69) is 22.9 Å². The van der Waals surface area contributed by atoms with Crippen molar-refractivity contribution in [3.8, 4) is 0 Å². The number of hydrogen-bond donors (Lipinski definition) is 0. The summed E-state index contributed by atoms with van der Waals surface area (Å²) >= 11 is 10.5. The minimum Gasteiger partial charge on any atom is -0.128 e. The van der Waals surface area contributed by atoms with Crippen LogP contribution in [0.3, 0.4) is 0 Å². The third-order valence-corrected chi connectivity index (χ3v) is 2.78. The second kappa shape index (κ2) is 3.04. The molecule has 0 saturated heterocycles. The highest BCUT2D eigenvalue weighted by atomic mass is 79.9. The summed E-state index contributed by atoms with van der Waals surface area (Å²) in [5.74, 6) is 0. The Morgan fingerprint density at radius 1 is 1.78 bits per heavy atom. The molecule has 0 nitrogen and oxygen atoms in total. The summed E-state index contributed by atoms with van der Waals surface area (Å²) in [6, 6.07) is 1.93. The van der Waals surface area contributed by atoms with Gasteiger partial charge in [-0.1, -0.05) is 27.5 Å². The second-order valence-electron chi connectivity index (χ2n) is 1.63. The molecule has 49 valence electrons. The molecule has 3 heteroatoms. The van der Waals surface area contributed by atoms with Crippen molar-refractivity contribution in [1.82, 2.24) is 0 Å². The third-order valence-electron chi connectivity index (χ3n) is 1.01. The molecule has 1 aromatic heterocycles. The number of thiophene rings is 1. The third kappa shape index (κ3) is 1.69. The van der Waals surface area contributed by atoms with E-state index in [0.717, 1.165) is 14.5 Å². The highest BCUT2D eigenvalue weighted by Gasteiger charge is 2.00. The molecule has 1 heterocycles. The van der Waals surface area contributed by atoms with Gasteiger partial charge in [0, 0.05) is 10.2 Å². The molecule has 1 radical (unpaired) electrons. The Bertz CT molecular complexity index is 207. The van der Waals surface area contributed by atoms with E-state index in [4.69, 9.17) is 11.6 Å². The van der Waals surface area contributed by atoms with Crippen LogP contribution >= 0.6 is 38.9 Å².